The fraction of sp³-hybridized carbons (Fsp3) is 0.917. The average molecular weight is 242 g/mol. The fourth-order valence-corrected chi connectivity index (χ4v) is 2.95. The van der Waals surface area contributed by atoms with Crippen LogP contribution in [0.15, 0.2) is 0 Å². The van der Waals surface area contributed by atoms with Gasteiger partial charge in [-0.3, -0.25) is 4.90 Å². The highest BCUT2D eigenvalue weighted by Gasteiger charge is 2.34. The molecule has 5 nitrogen and oxygen atoms in total. The lowest BCUT2D eigenvalue weighted by Crippen LogP contribution is -2.46. The number of hydrogen-bond donors (Lipinski definition) is 2. The Morgan fingerprint density at radius 1 is 1.35 bits per heavy atom. The van der Waals surface area contributed by atoms with Crippen molar-refractivity contribution in [3.63, 3.8) is 0 Å². The Hall–Kier alpha value is -0.810. The Kier molecular flexibility index (Phi) is 4.23. The highest BCUT2D eigenvalue weighted by Crippen LogP contribution is 2.26. The van der Waals surface area contributed by atoms with E-state index < -0.39 is 0 Å². The van der Waals surface area contributed by atoms with Crippen molar-refractivity contribution in [2.45, 2.75) is 50.3 Å². The normalized spacial score (nSPS) is 34.6. The highest BCUT2D eigenvalue weighted by atomic mass is 16.5. The molecule has 0 aromatic carbocycles. The monoisotopic (exact) mass is 242 g/mol. The molecule has 2 aliphatic rings. The third-order valence-electron chi connectivity index (χ3n) is 3.89. The molecule has 17 heavy (non-hydrogen) atoms. The number of methoxy groups -OCH3 is 1. The van der Waals surface area contributed by atoms with Crippen molar-refractivity contribution in [3.8, 4) is 0 Å². The lowest BCUT2D eigenvalue weighted by molar-refractivity contribution is 0.0302. The van der Waals surface area contributed by atoms with Gasteiger partial charge in [0.1, 0.15) is 0 Å². The fourth-order valence-electron chi connectivity index (χ4n) is 2.95. The van der Waals surface area contributed by atoms with Gasteiger partial charge in [0.05, 0.1) is 13.2 Å². The summed E-state index contributed by atoms with van der Waals surface area (Å²) in [7, 11) is 1.38. The van der Waals surface area contributed by atoms with Gasteiger partial charge in [0, 0.05) is 25.2 Å². The molecule has 3 atom stereocenters. The Balaban J connectivity index is 1.82. The molecule has 0 bridgehead atoms. The van der Waals surface area contributed by atoms with E-state index in [1.807, 2.05) is 0 Å². The van der Waals surface area contributed by atoms with Crippen LogP contribution >= 0.6 is 0 Å². The first-order chi connectivity index (χ1) is 8.20. The van der Waals surface area contributed by atoms with Crippen LogP contribution in [0.2, 0.25) is 0 Å². The van der Waals surface area contributed by atoms with Gasteiger partial charge in [0.15, 0.2) is 0 Å². The molecule has 1 unspecified atom stereocenters. The standard InChI is InChI=1S/C12H22N2O3/c1-17-12(16)13-9-6-7-14(8-9)10-4-2-3-5-11(10)15/h9-11,15H,2-8H2,1H3,(H,13,16)/t9?,10-,11-/m0/s1. The zero-order valence-corrected chi connectivity index (χ0v) is 10.4. The number of alkyl carbamates (subject to hydrolysis) is 1. The number of amides is 1. The minimum atomic E-state index is -0.360. The number of likely N-dealkylation sites (tertiary alicyclic amines) is 1. The third-order valence-corrected chi connectivity index (χ3v) is 3.89. The van der Waals surface area contributed by atoms with Crippen molar-refractivity contribution < 1.29 is 14.6 Å². The maximum atomic E-state index is 11.1. The molecule has 1 aliphatic heterocycles. The topological polar surface area (TPSA) is 61.8 Å². The molecule has 2 rings (SSSR count). The first-order valence-corrected chi connectivity index (χ1v) is 6.47. The molecule has 5 heteroatoms. The molecule has 1 saturated heterocycles. The Morgan fingerprint density at radius 2 is 2.12 bits per heavy atom. The number of carbonyl (C=O) groups is 1. The summed E-state index contributed by atoms with van der Waals surface area (Å²) in [6, 6.07) is 0.449. The number of hydrogen-bond acceptors (Lipinski definition) is 4. The van der Waals surface area contributed by atoms with E-state index in [0.29, 0.717) is 0 Å². The van der Waals surface area contributed by atoms with E-state index in [1.165, 1.54) is 13.5 Å². The molecule has 0 spiro atoms. The lowest BCUT2D eigenvalue weighted by atomic mass is 9.91. The largest absolute Gasteiger partial charge is 0.453 e. The molecule has 0 aromatic rings. The van der Waals surface area contributed by atoms with Crippen LogP contribution in [-0.4, -0.2) is 54.5 Å². The van der Waals surface area contributed by atoms with Gasteiger partial charge in [-0.05, 0) is 19.3 Å². The van der Waals surface area contributed by atoms with Crippen LogP contribution in [0.25, 0.3) is 0 Å². The lowest BCUT2D eigenvalue weighted by Gasteiger charge is -2.35. The quantitative estimate of drug-likeness (QED) is 0.749. The molecule has 1 heterocycles. The molecule has 2 N–H and O–H groups in total. The van der Waals surface area contributed by atoms with E-state index in [-0.39, 0.29) is 24.3 Å². The van der Waals surface area contributed by atoms with E-state index in [0.717, 1.165) is 38.8 Å². The van der Waals surface area contributed by atoms with Crippen molar-refractivity contribution in [2.24, 2.45) is 0 Å². The number of ether oxygens (including phenoxy) is 1. The van der Waals surface area contributed by atoms with Crippen LogP contribution in [0.5, 0.6) is 0 Å². The number of nitrogens with one attached hydrogen (secondary N) is 1. The molecule has 0 radical (unpaired) electrons. The minimum Gasteiger partial charge on any atom is -0.453 e. The molecule has 0 aromatic heterocycles. The zero-order chi connectivity index (χ0) is 12.3. The summed E-state index contributed by atoms with van der Waals surface area (Å²) in [6.45, 7) is 1.78. The van der Waals surface area contributed by atoms with Gasteiger partial charge in [-0.2, -0.15) is 0 Å². The molecule has 1 saturated carbocycles. The second-order valence-corrected chi connectivity index (χ2v) is 5.04. The van der Waals surface area contributed by atoms with Gasteiger partial charge >= 0.3 is 6.09 Å². The Bertz CT molecular complexity index is 272. The van der Waals surface area contributed by atoms with Crippen LogP contribution in [0.3, 0.4) is 0 Å². The van der Waals surface area contributed by atoms with E-state index in [4.69, 9.17) is 0 Å². The predicted octanol–water partition coefficient (Wildman–Crippen LogP) is 0.720. The van der Waals surface area contributed by atoms with Crippen molar-refractivity contribution in [2.75, 3.05) is 20.2 Å². The van der Waals surface area contributed by atoms with E-state index in [9.17, 15) is 9.90 Å². The first kappa shape index (κ1) is 12.6. The Labute approximate surface area is 102 Å². The average Bonchev–Trinajstić information content (AvgIpc) is 2.78. The summed E-state index contributed by atoms with van der Waals surface area (Å²) in [5, 5.41) is 12.8. The summed E-state index contributed by atoms with van der Waals surface area (Å²) in [5.74, 6) is 0. The minimum absolute atomic E-state index is 0.163. The zero-order valence-electron chi connectivity index (χ0n) is 10.4. The SMILES string of the molecule is COC(=O)NC1CCN([C@H]2CCCC[C@@H]2O)C1. The van der Waals surface area contributed by atoms with Crippen LogP contribution in [0, 0.1) is 0 Å². The van der Waals surface area contributed by atoms with Crippen LogP contribution in [0.4, 0.5) is 4.79 Å². The highest BCUT2D eigenvalue weighted by molar-refractivity contribution is 5.67. The summed E-state index contributed by atoms with van der Waals surface area (Å²) in [4.78, 5) is 13.4. The number of rotatable bonds is 2. The number of aliphatic hydroxyl groups is 1. The van der Waals surface area contributed by atoms with Crippen molar-refractivity contribution in [1.82, 2.24) is 10.2 Å². The second-order valence-electron chi connectivity index (χ2n) is 5.04. The van der Waals surface area contributed by atoms with Crippen LogP contribution in [-0.2, 0) is 4.74 Å². The van der Waals surface area contributed by atoms with Crippen LogP contribution < -0.4 is 5.32 Å². The van der Waals surface area contributed by atoms with Gasteiger partial charge in [-0.15, -0.1) is 0 Å². The van der Waals surface area contributed by atoms with Crippen molar-refractivity contribution in [1.29, 1.82) is 0 Å². The van der Waals surface area contributed by atoms with Gasteiger partial charge < -0.3 is 15.2 Å². The maximum Gasteiger partial charge on any atom is 0.407 e. The Morgan fingerprint density at radius 3 is 2.82 bits per heavy atom. The maximum absolute atomic E-state index is 11.1. The molecule has 2 fully saturated rings. The third kappa shape index (κ3) is 3.10. The van der Waals surface area contributed by atoms with E-state index >= 15 is 0 Å². The van der Waals surface area contributed by atoms with Crippen molar-refractivity contribution in [3.05, 3.63) is 0 Å². The number of aliphatic hydroxyl groups excluding tert-OH is 1. The summed E-state index contributed by atoms with van der Waals surface area (Å²) >= 11 is 0. The van der Waals surface area contributed by atoms with Gasteiger partial charge in [-0.25, -0.2) is 4.79 Å². The van der Waals surface area contributed by atoms with Crippen molar-refractivity contribution >= 4 is 6.09 Å². The molecule has 98 valence electrons. The van der Waals surface area contributed by atoms with Gasteiger partial charge in [-0.1, -0.05) is 12.8 Å². The smallest absolute Gasteiger partial charge is 0.407 e. The van der Waals surface area contributed by atoms with E-state index in [1.54, 1.807) is 0 Å². The predicted molar refractivity (Wildman–Crippen MR) is 63.8 cm³/mol. The molecular formula is C12H22N2O3. The summed E-state index contributed by atoms with van der Waals surface area (Å²) < 4.78 is 4.60. The summed E-state index contributed by atoms with van der Waals surface area (Å²) in [6.07, 6.45) is 4.71. The summed E-state index contributed by atoms with van der Waals surface area (Å²) in [5.41, 5.74) is 0. The van der Waals surface area contributed by atoms with Crippen LogP contribution in [0.1, 0.15) is 32.1 Å². The first-order valence-electron chi connectivity index (χ1n) is 6.47. The second kappa shape index (κ2) is 5.69. The number of carbonyl (C=O) groups excluding carboxylic acids is 1. The van der Waals surface area contributed by atoms with Gasteiger partial charge in [0.25, 0.3) is 0 Å². The van der Waals surface area contributed by atoms with E-state index in [2.05, 4.69) is 15.0 Å². The van der Waals surface area contributed by atoms with Gasteiger partial charge in [0.2, 0.25) is 0 Å². The molecule has 1 amide bonds. The number of nitrogens with zero attached hydrogens (tertiary/aromatic N) is 1. The molecular weight excluding hydrogens is 220 g/mol. The molecule has 1 aliphatic carbocycles.